The van der Waals surface area contributed by atoms with Crippen molar-refractivity contribution < 1.29 is 0 Å². The highest BCUT2D eigenvalue weighted by atomic mass is 79.9. The number of nitriles is 1. The molecule has 1 heterocycles. The van der Waals surface area contributed by atoms with Crippen molar-refractivity contribution in [2.24, 2.45) is 0 Å². The number of benzene rings is 1. The molecule has 0 aliphatic carbocycles. The lowest BCUT2D eigenvalue weighted by molar-refractivity contribution is 1.44. The molecule has 0 aliphatic rings. The summed E-state index contributed by atoms with van der Waals surface area (Å²) in [5, 5.41) is 10.9. The van der Waals surface area contributed by atoms with Crippen molar-refractivity contribution in [3.05, 3.63) is 45.2 Å². The summed E-state index contributed by atoms with van der Waals surface area (Å²) >= 11 is 5.04. The van der Waals surface area contributed by atoms with Gasteiger partial charge in [-0.2, -0.15) is 5.26 Å². The maximum Gasteiger partial charge on any atom is 0.101 e. The minimum absolute atomic E-state index is 0.755. The van der Waals surface area contributed by atoms with Gasteiger partial charge in [0.2, 0.25) is 0 Å². The van der Waals surface area contributed by atoms with Gasteiger partial charge in [0.05, 0.1) is 10.4 Å². The molecule has 2 rings (SSSR count). The van der Waals surface area contributed by atoms with Crippen LogP contribution in [-0.2, 0) is 0 Å². The molecule has 0 radical (unpaired) electrons. The molecule has 0 atom stereocenters. The van der Waals surface area contributed by atoms with E-state index in [2.05, 4.69) is 35.0 Å². The summed E-state index contributed by atoms with van der Waals surface area (Å²) in [6.45, 7) is 2.06. The van der Waals surface area contributed by atoms with Crippen LogP contribution in [0.3, 0.4) is 0 Å². The number of hydrogen-bond acceptors (Lipinski definition) is 2. The smallest absolute Gasteiger partial charge is 0.101 e. The molecule has 74 valence electrons. The van der Waals surface area contributed by atoms with Crippen molar-refractivity contribution >= 4 is 27.3 Å². The van der Waals surface area contributed by atoms with Crippen LogP contribution in [0.1, 0.15) is 11.1 Å². The molecule has 0 spiro atoms. The van der Waals surface area contributed by atoms with Crippen molar-refractivity contribution in [2.45, 2.75) is 6.92 Å². The maximum atomic E-state index is 8.96. The number of halogens is 1. The SMILES string of the molecule is Cc1cc(Br)ccc1-c1sccc1C#N. The molecule has 0 fully saturated rings. The van der Waals surface area contributed by atoms with Crippen LogP contribution in [0.15, 0.2) is 34.1 Å². The van der Waals surface area contributed by atoms with Crippen LogP contribution in [-0.4, -0.2) is 0 Å². The second kappa shape index (κ2) is 4.18. The fourth-order valence-electron chi connectivity index (χ4n) is 1.49. The topological polar surface area (TPSA) is 23.8 Å². The molecular weight excluding hydrogens is 270 g/mol. The van der Waals surface area contributed by atoms with Gasteiger partial charge in [-0.3, -0.25) is 0 Å². The molecule has 0 N–H and O–H groups in total. The van der Waals surface area contributed by atoms with Gasteiger partial charge < -0.3 is 0 Å². The number of thiophene rings is 1. The zero-order valence-electron chi connectivity index (χ0n) is 8.12. The molecule has 1 nitrogen and oxygen atoms in total. The average molecular weight is 278 g/mol. The molecule has 0 unspecified atom stereocenters. The van der Waals surface area contributed by atoms with Crippen LogP contribution in [0, 0.1) is 18.3 Å². The van der Waals surface area contributed by atoms with E-state index in [-0.39, 0.29) is 0 Å². The highest BCUT2D eigenvalue weighted by molar-refractivity contribution is 9.10. The standard InChI is InChI=1S/C12H8BrNS/c1-8-6-10(13)2-3-11(8)12-9(7-14)4-5-15-12/h2-6H,1H3. The molecule has 0 saturated heterocycles. The predicted octanol–water partition coefficient (Wildman–Crippen LogP) is 4.36. The molecule has 0 saturated carbocycles. The highest BCUT2D eigenvalue weighted by Crippen LogP contribution is 2.32. The minimum atomic E-state index is 0.755. The monoisotopic (exact) mass is 277 g/mol. The first kappa shape index (κ1) is 10.4. The Morgan fingerprint density at radius 1 is 1.33 bits per heavy atom. The normalized spacial score (nSPS) is 9.93. The quantitative estimate of drug-likeness (QED) is 0.760. The van der Waals surface area contributed by atoms with E-state index in [1.54, 1.807) is 11.3 Å². The second-order valence-corrected chi connectivity index (χ2v) is 5.07. The van der Waals surface area contributed by atoms with Crippen LogP contribution in [0.25, 0.3) is 10.4 Å². The van der Waals surface area contributed by atoms with Crippen molar-refractivity contribution in [2.75, 3.05) is 0 Å². The summed E-state index contributed by atoms with van der Waals surface area (Å²) < 4.78 is 1.07. The molecule has 0 bridgehead atoms. The highest BCUT2D eigenvalue weighted by Gasteiger charge is 2.08. The maximum absolute atomic E-state index is 8.96. The van der Waals surface area contributed by atoms with Crippen molar-refractivity contribution in [1.82, 2.24) is 0 Å². The average Bonchev–Trinajstić information content (AvgIpc) is 2.65. The summed E-state index contributed by atoms with van der Waals surface area (Å²) in [7, 11) is 0. The number of nitrogens with zero attached hydrogens (tertiary/aromatic N) is 1. The van der Waals surface area contributed by atoms with E-state index in [0.717, 1.165) is 20.5 Å². The zero-order chi connectivity index (χ0) is 10.8. The third kappa shape index (κ3) is 1.97. The van der Waals surface area contributed by atoms with E-state index in [9.17, 15) is 0 Å². The van der Waals surface area contributed by atoms with Gasteiger partial charge in [0, 0.05) is 4.47 Å². The molecule has 1 aromatic carbocycles. The van der Waals surface area contributed by atoms with E-state index >= 15 is 0 Å². The van der Waals surface area contributed by atoms with Gasteiger partial charge in [0.15, 0.2) is 0 Å². The Hall–Kier alpha value is -1.11. The predicted molar refractivity (Wildman–Crippen MR) is 66.9 cm³/mol. The molecule has 1 aromatic heterocycles. The molecule has 2 aromatic rings. The summed E-state index contributed by atoms with van der Waals surface area (Å²) in [6.07, 6.45) is 0. The van der Waals surface area contributed by atoms with Crippen molar-refractivity contribution in [3.8, 4) is 16.5 Å². The lowest BCUT2D eigenvalue weighted by Crippen LogP contribution is -1.82. The van der Waals surface area contributed by atoms with E-state index in [1.165, 1.54) is 5.56 Å². The van der Waals surface area contributed by atoms with Gasteiger partial charge in [0.1, 0.15) is 6.07 Å². The number of aryl methyl sites for hydroxylation is 1. The van der Waals surface area contributed by atoms with Gasteiger partial charge in [0.25, 0.3) is 0 Å². The lowest BCUT2D eigenvalue weighted by atomic mass is 10.1. The van der Waals surface area contributed by atoms with Crippen LogP contribution >= 0.6 is 27.3 Å². The first-order valence-corrected chi connectivity index (χ1v) is 6.14. The van der Waals surface area contributed by atoms with Crippen LogP contribution < -0.4 is 0 Å². The Bertz CT molecular complexity index is 537. The van der Waals surface area contributed by atoms with E-state index < -0.39 is 0 Å². The second-order valence-electron chi connectivity index (χ2n) is 3.23. The molecule has 3 heteroatoms. The fraction of sp³-hybridized carbons (Fsp3) is 0.0833. The Morgan fingerprint density at radius 3 is 2.80 bits per heavy atom. The molecule has 0 amide bonds. The number of rotatable bonds is 1. The Labute approximate surface area is 101 Å². The lowest BCUT2D eigenvalue weighted by Gasteiger charge is -2.04. The Balaban J connectivity index is 2.60. The summed E-state index contributed by atoms with van der Waals surface area (Å²) in [6, 6.07) is 10.2. The van der Waals surface area contributed by atoms with Gasteiger partial charge in [-0.1, -0.05) is 22.0 Å². The summed E-state index contributed by atoms with van der Waals surface area (Å²) in [5.74, 6) is 0. The first-order chi connectivity index (χ1) is 7.22. The third-order valence-corrected chi connectivity index (χ3v) is 3.66. The summed E-state index contributed by atoms with van der Waals surface area (Å²) in [4.78, 5) is 1.06. The first-order valence-electron chi connectivity index (χ1n) is 4.46. The van der Waals surface area contributed by atoms with Gasteiger partial charge in [-0.15, -0.1) is 11.3 Å². The van der Waals surface area contributed by atoms with E-state index in [4.69, 9.17) is 5.26 Å². The van der Waals surface area contributed by atoms with Crippen molar-refractivity contribution in [1.29, 1.82) is 5.26 Å². The van der Waals surface area contributed by atoms with Gasteiger partial charge >= 0.3 is 0 Å². The van der Waals surface area contributed by atoms with Crippen molar-refractivity contribution in [3.63, 3.8) is 0 Å². The van der Waals surface area contributed by atoms with Gasteiger partial charge in [-0.25, -0.2) is 0 Å². The molecule has 15 heavy (non-hydrogen) atoms. The van der Waals surface area contributed by atoms with Crippen LogP contribution in [0.2, 0.25) is 0 Å². The molecular formula is C12H8BrNS. The van der Waals surface area contributed by atoms with Crippen LogP contribution in [0.4, 0.5) is 0 Å². The molecule has 0 aliphatic heterocycles. The number of hydrogen-bond donors (Lipinski definition) is 0. The van der Waals surface area contributed by atoms with Gasteiger partial charge in [-0.05, 0) is 41.6 Å². The van der Waals surface area contributed by atoms with Crippen LogP contribution in [0.5, 0.6) is 0 Å². The zero-order valence-corrected chi connectivity index (χ0v) is 10.5. The Morgan fingerprint density at radius 2 is 2.13 bits per heavy atom. The fourth-order valence-corrected chi connectivity index (χ4v) is 2.90. The van der Waals surface area contributed by atoms with E-state index in [0.29, 0.717) is 0 Å². The largest absolute Gasteiger partial charge is 0.192 e. The third-order valence-electron chi connectivity index (χ3n) is 2.22. The Kier molecular flexibility index (Phi) is 2.90. The minimum Gasteiger partial charge on any atom is -0.192 e. The van der Waals surface area contributed by atoms with E-state index in [1.807, 2.05) is 23.6 Å². The summed E-state index contributed by atoms with van der Waals surface area (Å²) in [5.41, 5.74) is 3.08.